The number of nitrogen functional groups attached to an aromatic ring is 1. The molecule has 0 atom stereocenters. The fourth-order valence-corrected chi connectivity index (χ4v) is 4.03. The summed E-state index contributed by atoms with van der Waals surface area (Å²) < 4.78 is 5.81. The zero-order chi connectivity index (χ0) is 21.5. The predicted molar refractivity (Wildman–Crippen MR) is 119 cm³/mol. The summed E-state index contributed by atoms with van der Waals surface area (Å²) in [6.45, 7) is 5.86. The van der Waals surface area contributed by atoms with Crippen LogP contribution >= 0.6 is 0 Å². The molecule has 0 amide bonds. The van der Waals surface area contributed by atoms with Crippen molar-refractivity contribution in [1.29, 1.82) is 0 Å². The first-order chi connectivity index (χ1) is 15.0. The van der Waals surface area contributed by atoms with Crippen molar-refractivity contribution in [2.24, 2.45) is 0 Å². The van der Waals surface area contributed by atoms with Crippen LogP contribution in [0, 0.1) is 13.8 Å². The van der Waals surface area contributed by atoms with Gasteiger partial charge in [0.25, 0.3) is 0 Å². The topological polar surface area (TPSA) is 98.1 Å². The minimum absolute atomic E-state index is 0.0584. The van der Waals surface area contributed by atoms with Crippen LogP contribution in [0.15, 0.2) is 52.1 Å². The van der Waals surface area contributed by atoms with Crippen molar-refractivity contribution in [2.75, 3.05) is 12.3 Å². The van der Waals surface area contributed by atoms with E-state index in [2.05, 4.69) is 14.9 Å². The number of rotatable bonds is 3. The normalized spacial score (nSPS) is 14.0. The lowest BCUT2D eigenvalue weighted by molar-refractivity contribution is 0.241. The summed E-state index contributed by atoms with van der Waals surface area (Å²) in [4.78, 5) is 28.6. The maximum Gasteiger partial charge on any atom is 0.199 e. The molecule has 2 N–H and O–H groups in total. The number of hydrogen-bond donors (Lipinski definition) is 1. The molecule has 0 saturated heterocycles. The number of hydrogen-bond acceptors (Lipinski definition) is 7. The highest BCUT2D eigenvalue weighted by atomic mass is 16.3. The molecule has 0 saturated carbocycles. The maximum atomic E-state index is 13.1. The smallest absolute Gasteiger partial charge is 0.199 e. The molecular weight excluding hydrogens is 390 g/mol. The van der Waals surface area contributed by atoms with Crippen molar-refractivity contribution in [3.63, 3.8) is 0 Å². The first-order valence-corrected chi connectivity index (χ1v) is 10.3. The van der Waals surface area contributed by atoms with Crippen LogP contribution in [0.4, 0.5) is 5.88 Å². The maximum absolute atomic E-state index is 13.1. The van der Waals surface area contributed by atoms with Gasteiger partial charge in [0.2, 0.25) is 0 Å². The van der Waals surface area contributed by atoms with Crippen LogP contribution in [0.5, 0.6) is 0 Å². The van der Waals surface area contributed by atoms with Crippen molar-refractivity contribution in [1.82, 2.24) is 19.9 Å². The summed E-state index contributed by atoms with van der Waals surface area (Å²) in [6.07, 6.45) is 6.14. The molecule has 1 aromatic carbocycles. The van der Waals surface area contributed by atoms with Gasteiger partial charge in [0.15, 0.2) is 17.1 Å². The quantitative estimate of drug-likeness (QED) is 0.550. The van der Waals surface area contributed by atoms with Gasteiger partial charge in [0, 0.05) is 55.8 Å². The number of pyridine rings is 1. The summed E-state index contributed by atoms with van der Waals surface area (Å²) in [7, 11) is 0. The standard InChI is InChI=1S/C24H23N5O2/c1-14-9-18-21(10-15(14)2)31-23(25)19(22(18)30)13-29-8-5-20-17(12-29)11-27-24(28-20)16-3-6-26-7-4-16/h3-4,6-7,9-11H,5,8,12-13,25H2,1-2H3. The summed E-state index contributed by atoms with van der Waals surface area (Å²) in [6, 6.07) is 7.57. The fraction of sp³-hybridized carbons (Fsp3) is 0.250. The highest BCUT2D eigenvalue weighted by Crippen LogP contribution is 2.25. The minimum atomic E-state index is -0.0584. The van der Waals surface area contributed by atoms with Gasteiger partial charge in [0.1, 0.15) is 5.58 Å². The molecule has 4 aromatic rings. The highest BCUT2D eigenvalue weighted by molar-refractivity contribution is 5.80. The summed E-state index contributed by atoms with van der Waals surface area (Å²) in [5, 5.41) is 0.579. The third-order valence-corrected chi connectivity index (χ3v) is 5.97. The zero-order valence-electron chi connectivity index (χ0n) is 17.6. The Morgan fingerprint density at radius 1 is 1.16 bits per heavy atom. The number of nitrogens with zero attached hydrogens (tertiary/aromatic N) is 4. The molecule has 0 unspecified atom stereocenters. The predicted octanol–water partition coefficient (Wildman–Crippen LogP) is 3.40. The molecule has 4 heterocycles. The molecule has 5 rings (SSSR count). The lowest BCUT2D eigenvalue weighted by Gasteiger charge is -2.28. The number of nitrogens with two attached hydrogens (primary N) is 1. The van der Waals surface area contributed by atoms with E-state index < -0.39 is 0 Å². The van der Waals surface area contributed by atoms with E-state index in [0.717, 1.165) is 40.9 Å². The summed E-state index contributed by atoms with van der Waals surface area (Å²) in [5.74, 6) is 0.899. The van der Waals surface area contributed by atoms with Crippen molar-refractivity contribution in [3.8, 4) is 11.4 Å². The number of aromatic nitrogens is 3. The van der Waals surface area contributed by atoms with E-state index in [1.807, 2.05) is 44.3 Å². The van der Waals surface area contributed by atoms with Gasteiger partial charge in [-0.25, -0.2) is 9.97 Å². The average molecular weight is 413 g/mol. The molecule has 0 aliphatic carbocycles. The molecule has 156 valence electrons. The van der Waals surface area contributed by atoms with Crippen LogP contribution in [-0.2, 0) is 19.5 Å². The second-order valence-electron chi connectivity index (χ2n) is 8.07. The first kappa shape index (κ1) is 19.4. The minimum Gasteiger partial charge on any atom is -0.440 e. The van der Waals surface area contributed by atoms with E-state index in [9.17, 15) is 4.79 Å². The van der Waals surface area contributed by atoms with Crippen molar-refractivity contribution in [3.05, 3.63) is 81.0 Å². The van der Waals surface area contributed by atoms with E-state index in [-0.39, 0.29) is 11.3 Å². The van der Waals surface area contributed by atoms with Crippen LogP contribution in [0.3, 0.4) is 0 Å². The second kappa shape index (κ2) is 7.59. The third kappa shape index (κ3) is 3.57. The first-order valence-electron chi connectivity index (χ1n) is 10.3. The lowest BCUT2D eigenvalue weighted by Crippen LogP contribution is -2.33. The fourth-order valence-electron chi connectivity index (χ4n) is 4.03. The van der Waals surface area contributed by atoms with Gasteiger partial charge in [-0.2, -0.15) is 0 Å². The number of anilines is 1. The van der Waals surface area contributed by atoms with Crippen molar-refractivity contribution < 1.29 is 4.42 Å². The van der Waals surface area contributed by atoms with Crippen LogP contribution in [0.2, 0.25) is 0 Å². The number of fused-ring (bicyclic) bond motifs is 2. The molecule has 0 spiro atoms. The summed E-state index contributed by atoms with van der Waals surface area (Å²) >= 11 is 0. The van der Waals surface area contributed by atoms with Gasteiger partial charge in [-0.1, -0.05) is 0 Å². The van der Waals surface area contributed by atoms with E-state index in [4.69, 9.17) is 15.1 Å². The Labute approximate surface area is 179 Å². The van der Waals surface area contributed by atoms with E-state index >= 15 is 0 Å². The Morgan fingerprint density at radius 2 is 1.94 bits per heavy atom. The molecule has 3 aromatic heterocycles. The molecule has 0 bridgehead atoms. The molecule has 0 radical (unpaired) electrons. The Hall–Kier alpha value is -3.58. The Morgan fingerprint density at radius 3 is 2.74 bits per heavy atom. The summed E-state index contributed by atoms with van der Waals surface area (Å²) in [5.41, 5.74) is 12.3. The molecule has 7 nitrogen and oxygen atoms in total. The Kier molecular flexibility index (Phi) is 4.75. The van der Waals surface area contributed by atoms with Crippen molar-refractivity contribution >= 4 is 16.9 Å². The molecule has 7 heteroatoms. The number of benzene rings is 1. The van der Waals surface area contributed by atoms with E-state index in [0.29, 0.717) is 35.4 Å². The zero-order valence-corrected chi connectivity index (χ0v) is 17.6. The monoisotopic (exact) mass is 413 g/mol. The molecule has 0 fully saturated rings. The molecule has 31 heavy (non-hydrogen) atoms. The SMILES string of the molecule is Cc1cc2oc(N)c(CN3CCc4nc(-c5ccncc5)ncc4C3)c(=O)c2cc1C. The van der Waals surface area contributed by atoms with Crippen LogP contribution in [0.1, 0.15) is 27.9 Å². The molecular formula is C24H23N5O2. The molecule has 1 aliphatic heterocycles. The van der Waals surface area contributed by atoms with E-state index in [1.54, 1.807) is 12.4 Å². The van der Waals surface area contributed by atoms with Gasteiger partial charge in [-0.15, -0.1) is 0 Å². The Balaban J connectivity index is 1.42. The van der Waals surface area contributed by atoms with E-state index in [1.165, 1.54) is 0 Å². The largest absolute Gasteiger partial charge is 0.440 e. The van der Waals surface area contributed by atoms with Gasteiger partial charge >= 0.3 is 0 Å². The second-order valence-corrected chi connectivity index (χ2v) is 8.07. The molecule has 1 aliphatic rings. The average Bonchev–Trinajstić information content (AvgIpc) is 2.78. The number of aryl methyl sites for hydroxylation is 2. The van der Waals surface area contributed by atoms with Crippen molar-refractivity contribution in [2.45, 2.75) is 33.4 Å². The third-order valence-electron chi connectivity index (χ3n) is 5.97. The Bertz CT molecular complexity index is 1350. The highest BCUT2D eigenvalue weighted by Gasteiger charge is 2.22. The van der Waals surface area contributed by atoms with Gasteiger partial charge in [-0.05, 0) is 49.2 Å². The van der Waals surface area contributed by atoms with Crippen LogP contribution in [0.25, 0.3) is 22.4 Å². The van der Waals surface area contributed by atoms with Gasteiger partial charge in [-0.3, -0.25) is 14.7 Å². The van der Waals surface area contributed by atoms with Gasteiger partial charge < -0.3 is 10.2 Å². The lowest BCUT2D eigenvalue weighted by atomic mass is 10.0. The van der Waals surface area contributed by atoms with Crippen LogP contribution < -0.4 is 11.2 Å². The van der Waals surface area contributed by atoms with Gasteiger partial charge in [0.05, 0.1) is 16.6 Å². The van der Waals surface area contributed by atoms with Crippen LogP contribution in [-0.4, -0.2) is 26.4 Å².